The number of nitrogens with one attached hydrogen (secondary N) is 2. The normalized spacial score (nSPS) is 14.8. The van der Waals surface area contributed by atoms with Crippen LogP contribution in [0, 0.1) is 6.92 Å². The van der Waals surface area contributed by atoms with Crippen LogP contribution in [0.25, 0.3) is 0 Å². The molecule has 1 heterocycles. The average molecular weight is 315 g/mol. The molecule has 0 saturated heterocycles. The maximum absolute atomic E-state index is 11.5. The first kappa shape index (κ1) is 13.5. The van der Waals surface area contributed by atoms with Gasteiger partial charge in [0.1, 0.15) is 0 Å². The van der Waals surface area contributed by atoms with Gasteiger partial charge in [0.05, 0.1) is 15.9 Å². The molecule has 0 aromatic carbocycles. The van der Waals surface area contributed by atoms with Crippen molar-refractivity contribution in [2.75, 3.05) is 6.54 Å². The maximum Gasteiger partial charge on any atom is 0.221 e. The number of aromatic nitrogens is 2. The molecule has 0 aliphatic heterocycles. The number of amides is 1. The van der Waals surface area contributed by atoms with Gasteiger partial charge >= 0.3 is 0 Å². The molecule has 0 unspecified atom stereocenters. The molecule has 0 bridgehead atoms. The Bertz CT molecular complexity index is 440. The van der Waals surface area contributed by atoms with Crippen LogP contribution in [0.4, 0.5) is 0 Å². The topological polar surface area (TPSA) is 59.0 Å². The van der Waals surface area contributed by atoms with Crippen LogP contribution in [0.15, 0.2) is 4.47 Å². The van der Waals surface area contributed by atoms with Crippen molar-refractivity contribution in [1.82, 2.24) is 20.4 Å². The molecule has 6 heteroatoms. The minimum Gasteiger partial charge on any atom is -0.353 e. The summed E-state index contributed by atoms with van der Waals surface area (Å²) < 4.78 is 2.90. The number of hydrogen-bond acceptors (Lipinski definition) is 3. The lowest BCUT2D eigenvalue weighted by Crippen LogP contribution is -2.29. The summed E-state index contributed by atoms with van der Waals surface area (Å²) in [4.78, 5) is 11.5. The number of carbonyl (C=O) groups excluding carboxylic acids is 1. The summed E-state index contributed by atoms with van der Waals surface area (Å²) in [5.74, 6) is 0.144. The molecule has 1 aliphatic carbocycles. The SMILES string of the molecule is Cc1nn(C)c(CNCCC(=O)NC2CC2)c1Br. The standard InChI is InChI=1S/C12H19BrN4O/c1-8-12(13)10(17(2)16-8)7-14-6-5-11(18)15-9-3-4-9/h9,14H,3-7H2,1-2H3,(H,15,18). The number of halogens is 1. The van der Waals surface area contributed by atoms with E-state index in [4.69, 9.17) is 0 Å². The molecule has 1 fully saturated rings. The largest absolute Gasteiger partial charge is 0.353 e. The van der Waals surface area contributed by atoms with E-state index in [0.717, 1.165) is 28.7 Å². The van der Waals surface area contributed by atoms with E-state index in [9.17, 15) is 4.79 Å². The van der Waals surface area contributed by atoms with E-state index in [-0.39, 0.29) is 5.91 Å². The van der Waals surface area contributed by atoms with Crippen molar-refractivity contribution in [2.45, 2.75) is 38.8 Å². The Labute approximate surface area is 115 Å². The van der Waals surface area contributed by atoms with E-state index in [1.165, 1.54) is 0 Å². The molecule has 2 rings (SSSR count). The van der Waals surface area contributed by atoms with E-state index in [1.807, 2.05) is 18.7 Å². The third-order valence-corrected chi connectivity index (χ3v) is 4.06. The summed E-state index contributed by atoms with van der Waals surface area (Å²) in [6, 6.07) is 0.450. The predicted molar refractivity (Wildman–Crippen MR) is 73.1 cm³/mol. The zero-order chi connectivity index (χ0) is 13.1. The van der Waals surface area contributed by atoms with E-state index in [0.29, 0.717) is 25.6 Å². The summed E-state index contributed by atoms with van der Waals surface area (Å²) in [7, 11) is 1.93. The summed E-state index contributed by atoms with van der Waals surface area (Å²) in [5, 5.41) is 10.6. The molecule has 1 aliphatic rings. The average Bonchev–Trinajstić information content (AvgIpc) is 3.07. The van der Waals surface area contributed by atoms with Crippen molar-refractivity contribution < 1.29 is 4.79 Å². The van der Waals surface area contributed by atoms with Crippen LogP contribution in [0.2, 0.25) is 0 Å². The molecule has 1 aromatic rings. The fraction of sp³-hybridized carbons (Fsp3) is 0.667. The van der Waals surface area contributed by atoms with Crippen molar-refractivity contribution in [1.29, 1.82) is 0 Å². The maximum atomic E-state index is 11.5. The van der Waals surface area contributed by atoms with Crippen LogP contribution < -0.4 is 10.6 Å². The molecular weight excluding hydrogens is 296 g/mol. The Morgan fingerprint density at radius 3 is 2.83 bits per heavy atom. The number of aryl methyl sites for hydroxylation is 2. The zero-order valence-corrected chi connectivity index (χ0v) is 12.4. The van der Waals surface area contributed by atoms with E-state index in [1.54, 1.807) is 0 Å². The number of rotatable bonds is 6. The molecular formula is C12H19BrN4O. The van der Waals surface area contributed by atoms with Crippen LogP contribution in [0.1, 0.15) is 30.7 Å². The van der Waals surface area contributed by atoms with Crippen molar-refractivity contribution in [3.05, 3.63) is 15.9 Å². The third kappa shape index (κ3) is 3.55. The molecule has 0 atom stereocenters. The van der Waals surface area contributed by atoms with E-state index in [2.05, 4.69) is 31.7 Å². The van der Waals surface area contributed by atoms with Gasteiger partial charge in [-0.05, 0) is 35.7 Å². The van der Waals surface area contributed by atoms with Crippen LogP contribution >= 0.6 is 15.9 Å². The van der Waals surface area contributed by atoms with Gasteiger partial charge in [-0.2, -0.15) is 5.10 Å². The van der Waals surface area contributed by atoms with Crippen molar-refractivity contribution in [3.8, 4) is 0 Å². The Morgan fingerprint density at radius 2 is 2.28 bits per heavy atom. The first-order valence-electron chi connectivity index (χ1n) is 6.26. The highest BCUT2D eigenvalue weighted by Gasteiger charge is 2.22. The van der Waals surface area contributed by atoms with Gasteiger partial charge in [0, 0.05) is 32.6 Å². The molecule has 5 nitrogen and oxygen atoms in total. The van der Waals surface area contributed by atoms with Crippen LogP contribution in [-0.2, 0) is 18.4 Å². The van der Waals surface area contributed by atoms with E-state index >= 15 is 0 Å². The van der Waals surface area contributed by atoms with Gasteiger partial charge in [-0.25, -0.2) is 0 Å². The van der Waals surface area contributed by atoms with Crippen LogP contribution in [-0.4, -0.2) is 28.3 Å². The molecule has 1 aromatic heterocycles. The summed E-state index contributed by atoms with van der Waals surface area (Å²) >= 11 is 3.52. The second kappa shape index (κ2) is 5.84. The van der Waals surface area contributed by atoms with Gasteiger partial charge in [-0.3, -0.25) is 9.48 Å². The monoisotopic (exact) mass is 314 g/mol. The molecule has 1 saturated carbocycles. The quantitative estimate of drug-likeness (QED) is 0.777. The van der Waals surface area contributed by atoms with Gasteiger partial charge in [-0.15, -0.1) is 0 Å². The molecule has 1 amide bonds. The summed E-state index contributed by atoms with van der Waals surface area (Å²) in [6.07, 6.45) is 2.81. The second-order valence-corrected chi connectivity index (χ2v) is 5.53. The smallest absolute Gasteiger partial charge is 0.221 e. The van der Waals surface area contributed by atoms with Gasteiger partial charge in [0.15, 0.2) is 0 Å². The highest BCUT2D eigenvalue weighted by Crippen LogP contribution is 2.20. The summed E-state index contributed by atoms with van der Waals surface area (Å²) in [6.45, 7) is 3.38. The number of nitrogens with zero attached hydrogens (tertiary/aromatic N) is 2. The minimum absolute atomic E-state index is 0.144. The van der Waals surface area contributed by atoms with Gasteiger partial charge in [0.25, 0.3) is 0 Å². The van der Waals surface area contributed by atoms with Gasteiger partial charge < -0.3 is 10.6 Å². The Kier molecular flexibility index (Phi) is 4.40. The zero-order valence-electron chi connectivity index (χ0n) is 10.8. The molecule has 0 radical (unpaired) electrons. The van der Waals surface area contributed by atoms with Crippen LogP contribution in [0.5, 0.6) is 0 Å². The van der Waals surface area contributed by atoms with Crippen molar-refractivity contribution >= 4 is 21.8 Å². The molecule has 100 valence electrons. The highest BCUT2D eigenvalue weighted by molar-refractivity contribution is 9.10. The van der Waals surface area contributed by atoms with Gasteiger partial charge in [0.2, 0.25) is 5.91 Å². The van der Waals surface area contributed by atoms with E-state index < -0.39 is 0 Å². The fourth-order valence-corrected chi connectivity index (χ4v) is 2.28. The fourth-order valence-electron chi connectivity index (χ4n) is 1.81. The van der Waals surface area contributed by atoms with Crippen molar-refractivity contribution in [2.24, 2.45) is 7.05 Å². The first-order chi connectivity index (χ1) is 8.58. The minimum atomic E-state index is 0.144. The Morgan fingerprint density at radius 1 is 1.56 bits per heavy atom. The number of carbonyl (C=O) groups is 1. The second-order valence-electron chi connectivity index (χ2n) is 4.74. The lowest BCUT2D eigenvalue weighted by atomic mass is 10.3. The molecule has 18 heavy (non-hydrogen) atoms. The lowest BCUT2D eigenvalue weighted by molar-refractivity contribution is -0.121. The highest BCUT2D eigenvalue weighted by atomic mass is 79.9. The van der Waals surface area contributed by atoms with Crippen LogP contribution in [0.3, 0.4) is 0 Å². The predicted octanol–water partition coefficient (Wildman–Crippen LogP) is 1.25. The molecule has 0 spiro atoms. The third-order valence-electron chi connectivity index (χ3n) is 3.03. The Balaban J connectivity index is 1.69. The van der Waals surface area contributed by atoms with Gasteiger partial charge in [-0.1, -0.05) is 0 Å². The molecule has 2 N–H and O–H groups in total. The Hall–Kier alpha value is -0.880. The van der Waals surface area contributed by atoms with Crippen molar-refractivity contribution in [3.63, 3.8) is 0 Å². The number of hydrogen-bond donors (Lipinski definition) is 2. The first-order valence-corrected chi connectivity index (χ1v) is 7.05. The lowest BCUT2D eigenvalue weighted by Gasteiger charge is -2.06. The summed E-state index contributed by atoms with van der Waals surface area (Å²) in [5.41, 5.74) is 2.09.